The summed E-state index contributed by atoms with van der Waals surface area (Å²) in [6.07, 6.45) is 0.266. The molecule has 0 aliphatic heterocycles. The molecule has 144 valence electrons. The number of carboxylic acid groups (broad SMARTS) is 1. The predicted octanol–water partition coefficient (Wildman–Crippen LogP) is -1.28. The first-order valence-corrected chi connectivity index (χ1v) is 9.00. The Morgan fingerprint density at radius 1 is 1.24 bits per heavy atom. The Morgan fingerprint density at radius 3 is 2.52 bits per heavy atom. The Labute approximate surface area is 194 Å². The van der Waals surface area contributed by atoms with Gasteiger partial charge in [0.1, 0.15) is 6.29 Å². The van der Waals surface area contributed by atoms with Gasteiger partial charge in [-0.05, 0) is 41.8 Å². The number of primary amides is 1. The number of fused-ring (bicyclic) bond motifs is 1. The van der Waals surface area contributed by atoms with Crippen LogP contribution in [0.25, 0.3) is 10.9 Å². The van der Waals surface area contributed by atoms with Crippen molar-refractivity contribution in [3.05, 3.63) is 69.9 Å². The van der Waals surface area contributed by atoms with E-state index in [0.29, 0.717) is 34.3 Å². The van der Waals surface area contributed by atoms with Crippen LogP contribution in [0.15, 0.2) is 42.5 Å². The van der Waals surface area contributed by atoms with Crippen LogP contribution in [-0.2, 0) is 27.3 Å². The van der Waals surface area contributed by atoms with Crippen LogP contribution < -0.4 is 40.4 Å². The summed E-state index contributed by atoms with van der Waals surface area (Å²) in [6.45, 7) is 2.30. The number of nitrogens with two attached hydrogens (primary N) is 1. The average molecular weight is 421 g/mol. The van der Waals surface area contributed by atoms with Crippen LogP contribution in [-0.4, -0.2) is 22.7 Å². The van der Waals surface area contributed by atoms with E-state index in [4.69, 9.17) is 17.3 Å². The summed E-state index contributed by atoms with van der Waals surface area (Å²) in [4.78, 5) is 34.5. The Bertz CT molecular complexity index is 1090. The van der Waals surface area contributed by atoms with Gasteiger partial charge in [0, 0.05) is 28.2 Å². The third-order valence-electron chi connectivity index (χ3n) is 4.81. The standard InChI is InChI=1S/C21H19ClN2O4.Na/c1-12-16(9-19(23)26)20-15(17(11-25)21(27)28)6-3-7-18(20)24(12)10-13-4-2-5-14(22)8-13;/h2-8,11,17H,9-10H2,1H3,(H2,23,26)(H,27,28);/q;+1/p-1. The first-order valence-electron chi connectivity index (χ1n) is 8.63. The fraction of sp³-hybridized carbons (Fsp3) is 0.190. The van der Waals surface area contributed by atoms with Gasteiger partial charge in [0.2, 0.25) is 5.91 Å². The van der Waals surface area contributed by atoms with E-state index in [2.05, 4.69) is 0 Å². The second-order valence-electron chi connectivity index (χ2n) is 6.60. The molecule has 1 heterocycles. The maximum absolute atomic E-state index is 11.7. The molecule has 0 aliphatic carbocycles. The molecule has 0 fully saturated rings. The molecule has 1 amide bonds. The van der Waals surface area contributed by atoms with Gasteiger partial charge >= 0.3 is 29.6 Å². The average Bonchev–Trinajstić information content (AvgIpc) is 2.88. The minimum atomic E-state index is -1.49. The summed E-state index contributed by atoms with van der Waals surface area (Å²) < 4.78 is 1.96. The second-order valence-corrected chi connectivity index (χ2v) is 7.03. The molecular weight excluding hydrogens is 403 g/mol. The molecule has 2 N–H and O–H groups in total. The quantitative estimate of drug-likeness (QED) is 0.292. The van der Waals surface area contributed by atoms with E-state index in [1.165, 1.54) is 0 Å². The van der Waals surface area contributed by atoms with Gasteiger partial charge in [-0.3, -0.25) is 4.79 Å². The molecule has 29 heavy (non-hydrogen) atoms. The fourth-order valence-electron chi connectivity index (χ4n) is 3.56. The first-order chi connectivity index (χ1) is 13.3. The summed E-state index contributed by atoms with van der Waals surface area (Å²) in [5.41, 5.74) is 8.73. The molecule has 0 aliphatic rings. The molecular formula is C21H18ClN2NaO4. The summed E-state index contributed by atoms with van der Waals surface area (Å²) in [5, 5.41) is 12.6. The Balaban J connectivity index is 0.00000300. The zero-order valence-electron chi connectivity index (χ0n) is 16.1. The van der Waals surface area contributed by atoms with Crippen LogP contribution in [0.2, 0.25) is 5.02 Å². The number of aromatic nitrogens is 1. The zero-order valence-corrected chi connectivity index (χ0v) is 18.9. The number of nitrogens with zero attached hydrogens (tertiary/aromatic N) is 1. The molecule has 1 atom stereocenters. The van der Waals surface area contributed by atoms with Crippen molar-refractivity contribution in [1.82, 2.24) is 4.57 Å². The monoisotopic (exact) mass is 420 g/mol. The number of amides is 1. The Morgan fingerprint density at radius 2 is 1.93 bits per heavy atom. The van der Waals surface area contributed by atoms with Crippen LogP contribution in [0.1, 0.15) is 28.3 Å². The molecule has 3 aromatic rings. The summed E-state index contributed by atoms with van der Waals surface area (Å²) in [7, 11) is 0. The van der Waals surface area contributed by atoms with Gasteiger partial charge in [0.15, 0.2) is 0 Å². The molecule has 2 aromatic carbocycles. The van der Waals surface area contributed by atoms with E-state index in [9.17, 15) is 19.5 Å². The maximum Gasteiger partial charge on any atom is 1.00 e. The van der Waals surface area contributed by atoms with Gasteiger partial charge in [-0.15, -0.1) is 0 Å². The van der Waals surface area contributed by atoms with Crippen molar-refractivity contribution in [3.63, 3.8) is 0 Å². The summed E-state index contributed by atoms with van der Waals surface area (Å²) >= 11 is 6.08. The number of benzene rings is 2. The van der Waals surface area contributed by atoms with Crippen LogP contribution in [0.4, 0.5) is 0 Å². The number of carboxylic acids is 1. The minimum absolute atomic E-state index is 0. The number of aldehydes is 1. The maximum atomic E-state index is 11.7. The molecule has 0 saturated heterocycles. The molecule has 1 unspecified atom stereocenters. The van der Waals surface area contributed by atoms with Crippen molar-refractivity contribution < 1.29 is 49.0 Å². The SMILES string of the molecule is Cc1c(CC(N)=O)c2c(C(C=O)C(=O)[O-])cccc2n1Cc1cccc(Cl)c1.[Na+]. The molecule has 0 bridgehead atoms. The van der Waals surface area contributed by atoms with Crippen molar-refractivity contribution in [1.29, 1.82) is 0 Å². The number of hydrogen-bond acceptors (Lipinski definition) is 4. The molecule has 3 rings (SSSR count). The Hall–Kier alpha value is -2.12. The van der Waals surface area contributed by atoms with Crippen molar-refractivity contribution in [2.24, 2.45) is 5.73 Å². The van der Waals surface area contributed by atoms with Crippen LogP contribution in [0, 0.1) is 6.92 Å². The number of aliphatic carboxylic acids is 1. The largest absolute Gasteiger partial charge is 1.00 e. The summed E-state index contributed by atoms with van der Waals surface area (Å²) in [6, 6.07) is 12.4. The topological polar surface area (TPSA) is 105 Å². The van der Waals surface area contributed by atoms with Gasteiger partial charge in [-0.1, -0.05) is 35.9 Å². The smallest absolute Gasteiger partial charge is 0.549 e. The van der Waals surface area contributed by atoms with Gasteiger partial charge in [-0.2, -0.15) is 0 Å². The minimum Gasteiger partial charge on any atom is -0.549 e. The first kappa shape index (κ1) is 23.2. The number of rotatable bonds is 7. The van der Waals surface area contributed by atoms with Crippen molar-refractivity contribution >= 4 is 40.7 Å². The van der Waals surface area contributed by atoms with Gasteiger partial charge in [-0.25, -0.2) is 0 Å². The predicted molar refractivity (Wildman–Crippen MR) is 104 cm³/mol. The van der Waals surface area contributed by atoms with E-state index in [1.807, 2.05) is 35.8 Å². The molecule has 8 heteroatoms. The van der Waals surface area contributed by atoms with Crippen molar-refractivity contribution in [2.45, 2.75) is 25.8 Å². The molecule has 0 saturated carbocycles. The zero-order chi connectivity index (χ0) is 20.4. The third-order valence-corrected chi connectivity index (χ3v) is 5.05. The van der Waals surface area contributed by atoms with Gasteiger partial charge in [0.05, 0.1) is 18.3 Å². The molecule has 0 radical (unpaired) electrons. The number of carbonyl (C=O) groups excluding carboxylic acids is 3. The van der Waals surface area contributed by atoms with Crippen molar-refractivity contribution in [2.75, 3.05) is 0 Å². The number of halogens is 1. The van der Waals surface area contributed by atoms with E-state index >= 15 is 0 Å². The molecule has 0 spiro atoms. The molecule has 1 aromatic heterocycles. The van der Waals surface area contributed by atoms with Gasteiger partial charge in [0.25, 0.3) is 0 Å². The van der Waals surface area contributed by atoms with E-state index < -0.39 is 17.8 Å². The normalized spacial score (nSPS) is 11.7. The van der Waals surface area contributed by atoms with Crippen molar-refractivity contribution in [3.8, 4) is 0 Å². The fourth-order valence-corrected chi connectivity index (χ4v) is 3.78. The van der Waals surface area contributed by atoms with Crippen LogP contribution in [0.5, 0.6) is 0 Å². The molecule has 6 nitrogen and oxygen atoms in total. The number of carbonyl (C=O) groups is 3. The van der Waals surface area contributed by atoms with E-state index in [0.717, 1.165) is 11.3 Å². The van der Waals surface area contributed by atoms with Gasteiger partial charge < -0.3 is 25.0 Å². The summed E-state index contributed by atoms with van der Waals surface area (Å²) in [5.74, 6) is -3.47. The number of hydrogen-bond donors (Lipinski definition) is 1. The second kappa shape index (κ2) is 9.59. The third kappa shape index (κ3) is 4.73. The van der Waals surface area contributed by atoms with Crippen LogP contribution in [0.3, 0.4) is 0 Å². The van der Waals surface area contributed by atoms with E-state index in [-0.39, 0.29) is 41.5 Å². The van der Waals surface area contributed by atoms with Crippen LogP contribution >= 0.6 is 11.6 Å². The van der Waals surface area contributed by atoms with E-state index in [1.54, 1.807) is 18.2 Å². The Kier molecular flexibility index (Phi) is 7.66.